The van der Waals surface area contributed by atoms with Gasteiger partial charge in [0.2, 0.25) is 11.8 Å². The van der Waals surface area contributed by atoms with Gasteiger partial charge in [0.1, 0.15) is 12.1 Å². The van der Waals surface area contributed by atoms with E-state index >= 15 is 0 Å². The summed E-state index contributed by atoms with van der Waals surface area (Å²) in [5.74, 6) is -2.16. The topological polar surface area (TPSA) is 168 Å². The average molecular weight is 519 g/mol. The molecule has 1 aromatic carbocycles. The van der Waals surface area contributed by atoms with Crippen molar-refractivity contribution in [3.05, 3.63) is 35.9 Å². The first-order valence-electron chi connectivity index (χ1n) is 12.6. The van der Waals surface area contributed by atoms with Crippen LogP contribution in [0.2, 0.25) is 0 Å². The number of rotatable bonds is 14. The molecule has 11 heteroatoms. The summed E-state index contributed by atoms with van der Waals surface area (Å²) < 4.78 is 5.06. The number of Topliss-reactive ketones (excluding diaryl/α,β-unsaturated/α-hetero) is 1. The zero-order valence-corrected chi connectivity index (χ0v) is 21.5. The lowest BCUT2D eigenvalue weighted by atomic mass is 9.89. The van der Waals surface area contributed by atoms with Crippen molar-refractivity contribution < 1.29 is 33.8 Å². The van der Waals surface area contributed by atoms with Crippen molar-refractivity contribution in [2.45, 2.75) is 70.6 Å². The highest BCUT2D eigenvalue weighted by atomic mass is 16.5. The summed E-state index contributed by atoms with van der Waals surface area (Å²) in [5.41, 5.74) is 5.22. The Bertz CT molecular complexity index is 954. The van der Waals surface area contributed by atoms with Gasteiger partial charge in [-0.3, -0.25) is 14.4 Å². The molecule has 1 aliphatic rings. The van der Waals surface area contributed by atoms with Crippen LogP contribution in [0, 0.1) is 5.92 Å². The summed E-state index contributed by atoms with van der Waals surface area (Å²) in [6.45, 7) is 3.62. The number of carbonyl (C=O) groups excluding carboxylic acids is 4. The smallest absolute Gasteiger partial charge is 0.407 e. The number of carbonyl (C=O) groups is 5. The second kappa shape index (κ2) is 14.3. The van der Waals surface area contributed by atoms with Crippen LogP contribution in [0.25, 0.3) is 0 Å². The molecule has 5 N–H and O–H groups in total. The van der Waals surface area contributed by atoms with Crippen molar-refractivity contribution in [1.82, 2.24) is 15.5 Å². The predicted molar refractivity (Wildman–Crippen MR) is 135 cm³/mol. The largest absolute Gasteiger partial charge is 0.479 e. The fraction of sp³-hybridized carbons (Fsp3) is 0.577. The van der Waals surface area contributed by atoms with Gasteiger partial charge in [0.25, 0.3) is 0 Å². The van der Waals surface area contributed by atoms with Crippen molar-refractivity contribution >= 4 is 29.7 Å². The summed E-state index contributed by atoms with van der Waals surface area (Å²) in [5, 5.41) is 14.9. The highest BCUT2D eigenvalue weighted by Crippen LogP contribution is 2.34. The van der Waals surface area contributed by atoms with Crippen molar-refractivity contribution in [3.63, 3.8) is 0 Å². The van der Waals surface area contributed by atoms with Gasteiger partial charge in [-0.2, -0.15) is 0 Å². The van der Waals surface area contributed by atoms with Crippen LogP contribution >= 0.6 is 0 Å². The minimum absolute atomic E-state index is 0.0385. The number of nitrogens with one attached hydrogen (secondary N) is 2. The van der Waals surface area contributed by atoms with Crippen molar-refractivity contribution in [2.24, 2.45) is 11.7 Å². The molecule has 1 aliphatic heterocycles. The van der Waals surface area contributed by atoms with Crippen molar-refractivity contribution in [1.29, 1.82) is 0 Å². The molecular weight excluding hydrogens is 480 g/mol. The predicted octanol–water partition coefficient (Wildman–Crippen LogP) is 1.59. The van der Waals surface area contributed by atoms with E-state index in [9.17, 15) is 29.1 Å². The molecule has 0 aromatic heterocycles. The van der Waals surface area contributed by atoms with Gasteiger partial charge in [-0.15, -0.1) is 0 Å². The molecule has 0 bridgehead atoms. The maximum Gasteiger partial charge on any atom is 0.407 e. The van der Waals surface area contributed by atoms with Crippen LogP contribution in [-0.4, -0.2) is 70.9 Å². The number of hydrogen-bond donors (Lipinski definition) is 4. The summed E-state index contributed by atoms with van der Waals surface area (Å²) in [4.78, 5) is 62.6. The molecule has 37 heavy (non-hydrogen) atoms. The minimum atomic E-state index is -1.44. The van der Waals surface area contributed by atoms with E-state index in [0.717, 1.165) is 5.56 Å². The van der Waals surface area contributed by atoms with Crippen LogP contribution in [0.1, 0.15) is 57.9 Å². The Labute approximate surface area is 217 Å². The van der Waals surface area contributed by atoms with E-state index in [-0.39, 0.29) is 63.6 Å². The van der Waals surface area contributed by atoms with Crippen molar-refractivity contribution in [3.8, 4) is 0 Å². The molecule has 0 saturated carbocycles. The van der Waals surface area contributed by atoms with Crippen LogP contribution < -0.4 is 16.4 Å². The van der Waals surface area contributed by atoms with Gasteiger partial charge < -0.3 is 31.1 Å². The van der Waals surface area contributed by atoms with E-state index in [1.54, 1.807) is 0 Å². The average Bonchev–Trinajstić information content (AvgIpc) is 3.30. The molecule has 1 heterocycles. The van der Waals surface area contributed by atoms with E-state index in [1.807, 2.05) is 44.2 Å². The lowest BCUT2D eigenvalue weighted by molar-refractivity contribution is -0.157. The first-order valence-corrected chi connectivity index (χ1v) is 12.6. The third-order valence-corrected chi connectivity index (χ3v) is 6.35. The molecule has 2 atom stereocenters. The van der Waals surface area contributed by atoms with Crippen LogP contribution in [0.5, 0.6) is 0 Å². The Kier molecular flexibility index (Phi) is 11.5. The highest BCUT2D eigenvalue weighted by Gasteiger charge is 2.49. The van der Waals surface area contributed by atoms with Crippen LogP contribution in [0.15, 0.2) is 30.3 Å². The molecule has 0 spiro atoms. The number of benzene rings is 1. The number of hydrogen-bond acceptors (Lipinski definition) is 7. The van der Waals surface area contributed by atoms with Gasteiger partial charge in [-0.1, -0.05) is 44.2 Å². The Morgan fingerprint density at radius 3 is 2.46 bits per heavy atom. The van der Waals surface area contributed by atoms with Gasteiger partial charge in [0.05, 0.1) is 19.1 Å². The molecule has 0 unspecified atom stereocenters. The second-order valence-corrected chi connectivity index (χ2v) is 9.75. The Morgan fingerprint density at radius 2 is 1.81 bits per heavy atom. The maximum absolute atomic E-state index is 12.8. The number of alkyl carbamates (subject to hydrolysis) is 1. The number of carboxylic acids is 1. The zero-order chi connectivity index (χ0) is 27.4. The number of ketones is 1. The molecule has 0 aliphatic carbocycles. The standard InChI is InChI=1S/C26H38N4O7/c1-18(2)14-21(27)23(33)28-16-22(32)30-13-7-12-26(30,24(34)35)11-6-10-20(31)15-29-25(36)37-17-19-8-4-3-5-9-19/h3-5,8-9,18,21H,6-7,10-17,27H2,1-2H3,(H,28,33)(H,29,36)(H,34,35)/t21-,26-/m0/s1. The summed E-state index contributed by atoms with van der Waals surface area (Å²) >= 11 is 0. The molecule has 2 rings (SSSR count). The third-order valence-electron chi connectivity index (χ3n) is 6.35. The minimum Gasteiger partial charge on any atom is -0.479 e. The normalized spacial score (nSPS) is 17.8. The van der Waals surface area contributed by atoms with Crippen LogP contribution in [-0.2, 0) is 30.5 Å². The molecule has 1 aromatic rings. The van der Waals surface area contributed by atoms with E-state index in [0.29, 0.717) is 12.8 Å². The van der Waals surface area contributed by atoms with Crippen LogP contribution in [0.4, 0.5) is 4.79 Å². The molecule has 0 radical (unpaired) electrons. The highest BCUT2D eigenvalue weighted by molar-refractivity contribution is 5.91. The number of ether oxygens (including phenoxy) is 1. The number of nitrogens with two attached hydrogens (primary N) is 1. The number of nitrogens with zero attached hydrogens (tertiary/aromatic N) is 1. The molecule has 3 amide bonds. The fourth-order valence-electron chi connectivity index (χ4n) is 4.45. The number of carboxylic acid groups (broad SMARTS) is 1. The molecule has 1 saturated heterocycles. The Hall–Kier alpha value is -3.47. The molecular formula is C26H38N4O7. The maximum atomic E-state index is 12.8. The van der Waals surface area contributed by atoms with Gasteiger partial charge in [-0.25, -0.2) is 9.59 Å². The quantitative estimate of drug-likeness (QED) is 0.288. The molecule has 1 fully saturated rings. The van der Waals surface area contributed by atoms with Gasteiger partial charge >= 0.3 is 12.1 Å². The number of likely N-dealkylation sites (tertiary alicyclic amines) is 1. The number of amides is 3. The first-order chi connectivity index (χ1) is 17.5. The molecule has 204 valence electrons. The summed E-state index contributed by atoms with van der Waals surface area (Å²) in [6.07, 6.45) is 0.851. The van der Waals surface area contributed by atoms with Gasteiger partial charge in [0, 0.05) is 13.0 Å². The van der Waals surface area contributed by atoms with Crippen molar-refractivity contribution in [2.75, 3.05) is 19.6 Å². The van der Waals surface area contributed by atoms with E-state index in [1.165, 1.54) is 4.90 Å². The first kappa shape index (κ1) is 29.8. The SMILES string of the molecule is CC(C)C[C@H](N)C(=O)NCC(=O)N1CCC[C@@]1(CCCC(=O)CNC(=O)OCc1ccccc1)C(=O)O. The summed E-state index contributed by atoms with van der Waals surface area (Å²) in [7, 11) is 0. The van der Waals surface area contributed by atoms with E-state index in [4.69, 9.17) is 10.5 Å². The third kappa shape index (κ3) is 9.16. The lowest BCUT2D eigenvalue weighted by Gasteiger charge is -2.35. The van der Waals surface area contributed by atoms with Gasteiger partial charge in [-0.05, 0) is 43.6 Å². The van der Waals surface area contributed by atoms with E-state index < -0.39 is 35.5 Å². The van der Waals surface area contributed by atoms with Crippen LogP contribution in [0.3, 0.4) is 0 Å². The summed E-state index contributed by atoms with van der Waals surface area (Å²) in [6, 6.07) is 8.36. The number of aliphatic carboxylic acids is 1. The van der Waals surface area contributed by atoms with E-state index in [2.05, 4.69) is 10.6 Å². The molecule has 11 nitrogen and oxygen atoms in total. The zero-order valence-electron chi connectivity index (χ0n) is 21.5. The lowest BCUT2D eigenvalue weighted by Crippen LogP contribution is -2.56. The Balaban J connectivity index is 1.80. The second-order valence-electron chi connectivity index (χ2n) is 9.75. The monoisotopic (exact) mass is 518 g/mol. The fourth-order valence-corrected chi connectivity index (χ4v) is 4.45. The Morgan fingerprint density at radius 1 is 1.11 bits per heavy atom. The van der Waals surface area contributed by atoms with Gasteiger partial charge in [0.15, 0.2) is 5.78 Å².